The number of furan rings is 1. The third-order valence-corrected chi connectivity index (χ3v) is 3.53. The lowest BCUT2D eigenvalue weighted by Gasteiger charge is -2.31. The Morgan fingerprint density at radius 2 is 2.05 bits per heavy atom. The van der Waals surface area contributed by atoms with Crippen molar-refractivity contribution in [3.8, 4) is 0 Å². The van der Waals surface area contributed by atoms with Gasteiger partial charge in [0.15, 0.2) is 5.76 Å². The molecule has 4 N–H and O–H groups in total. The molecule has 0 atom stereocenters. The summed E-state index contributed by atoms with van der Waals surface area (Å²) in [7, 11) is 0. The minimum Gasteiger partial charge on any atom is -0.459 e. The van der Waals surface area contributed by atoms with Gasteiger partial charge >= 0.3 is 0 Å². The monoisotopic (exact) mass is 281 g/mol. The zero-order valence-corrected chi connectivity index (χ0v) is 12.1. The van der Waals surface area contributed by atoms with Crippen LogP contribution in [-0.4, -0.2) is 30.4 Å². The van der Waals surface area contributed by atoms with E-state index in [0.29, 0.717) is 6.54 Å². The Bertz CT molecular complexity index is 417. The highest BCUT2D eigenvalue weighted by molar-refractivity contribution is 5.91. The Balaban J connectivity index is 2.35. The van der Waals surface area contributed by atoms with E-state index in [0.717, 1.165) is 12.8 Å². The average Bonchev–Trinajstić information content (AvgIpc) is 2.99. The van der Waals surface area contributed by atoms with E-state index in [1.165, 1.54) is 6.26 Å². The number of hydrogen-bond acceptors (Lipinski definition) is 4. The molecular weight excluding hydrogens is 258 g/mol. The molecule has 112 valence electrons. The first-order valence-electron chi connectivity index (χ1n) is 6.89. The van der Waals surface area contributed by atoms with Crippen molar-refractivity contribution in [2.24, 2.45) is 5.73 Å². The fourth-order valence-corrected chi connectivity index (χ4v) is 1.91. The first-order valence-corrected chi connectivity index (χ1v) is 6.89. The Labute approximate surface area is 119 Å². The van der Waals surface area contributed by atoms with Crippen molar-refractivity contribution in [1.82, 2.24) is 10.6 Å². The zero-order chi connectivity index (χ0) is 15.0. The molecule has 0 aliphatic heterocycles. The quantitative estimate of drug-likeness (QED) is 0.663. The molecule has 0 saturated heterocycles. The summed E-state index contributed by atoms with van der Waals surface area (Å²) in [5.74, 6) is -0.193. The summed E-state index contributed by atoms with van der Waals surface area (Å²) >= 11 is 0. The van der Waals surface area contributed by atoms with Crippen molar-refractivity contribution in [3.05, 3.63) is 24.2 Å². The molecule has 0 spiro atoms. The Kier molecular flexibility index (Phi) is 6.24. The Hall–Kier alpha value is -1.82. The van der Waals surface area contributed by atoms with Gasteiger partial charge in [0.2, 0.25) is 5.91 Å². The first kappa shape index (κ1) is 16.2. The van der Waals surface area contributed by atoms with Gasteiger partial charge in [0.05, 0.1) is 11.8 Å². The second-order valence-corrected chi connectivity index (χ2v) is 4.72. The van der Waals surface area contributed by atoms with Crippen LogP contribution >= 0.6 is 0 Å². The molecule has 0 fully saturated rings. The van der Waals surface area contributed by atoms with Crippen LogP contribution in [0, 0.1) is 0 Å². The van der Waals surface area contributed by atoms with Gasteiger partial charge in [-0.05, 0) is 25.0 Å². The standard InChI is InChI=1S/C14H23N3O3/c1-3-14(4-2,10-15)17-12(18)7-8-16-13(19)11-6-5-9-20-11/h5-6,9H,3-4,7-8,10,15H2,1-2H3,(H,16,19)(H,17,18). The van der Waals surface area contributed by atoms with E-state index in [9.17, 15) is 9.59 Å². The predicted molar refractivity (Wildman–Crippen MR) is 76.2 cm³/mol. The molecule has 0 aliphatic carbocycles. The Morgan fingerprint density at radius 1 is 1.35 bits per heavy atom. The molecule has 0 saturated carbocycles. The van der Waals surface area contributed by atoms with Gasteiger partial charge in [-0.25, -0.2) is 0 Å². The number of carbonyl (C=O) groups is 2. The van der Waals surface area contributed by atoms with Crippen molar-refractivity contribution in [2.75, 3.05) is 13.1 Å². The summed E-state index contributed by atoms with van der Waals surface area (Å²) in [5, 5.41) is 5.58. The molecule has 20 heavy (non-hydrogen) atoms. The van der Waals surface area contributed by atoms with Gasteiger partial charge in [-0.3, -0.25) is 9.59 Å². The van der Waals surface area contributed by atoms with Crippen LogP contribution in [0.4, 0.5) is 0 Å². The minimum atomic E-state index is -0.345. The van der Waals surface area contributed by atoms with Crippen LogP contribution in [0.25, 0.3) is 0 Å². The van der Waals surface area contributed by atoms with Gasteiger partial charge in [0.1, 0.15) is 0 Å². The second kappa shape index (κ2) is 7.69. The van der Waals surface area contributed by atoms with Gasteiger partial charge in [-0.1, -0.05) is 13.8 Å². The van der Waals surface area contributed by atoms with E-state index in [-0.39, 0.29) is 36.1 Å². The van der Waals surface area contributed by atoms with Crippen LogP contribution in [-0.2, 0) is 4.79 Å². The fourth-order valence-electron chi connectivity index (χ4n) is 1.91. The van der Waals surface area contributed by atoms with Gasteiger partial charge in [0, 0.05) is 19.5 Å². The Morgan fingerprint density at radius 3 is 2.55 bits per heavy atom. The maximum absolute atomic E-state index is 11.9. The van der Waals surface area contributed by atoms with Crippen molar-refractivity contribution in [2.45, 2.75) is 38.6 Å². The molecule has 0 aliphatic rings. The number of nitrogens with one attached hydrogen (secondary N) is 2. The molecule has 0 unspecified atom stereocenters. The number of rotatable bonds is 8. The lowest BCUT2D eigenvalue weighted by molar-refractivity contribution is -0.122. The van der Waals surface area contributed by atoms with Gasteiger partial charge < -0.3 is 20.8 Å². The number of nitrogens with two attached hydrogens (primary N) is 1. The highest BCUT2D eigenvalue weighted by Gasteiger charge is 2.25. The number of hydrogen-bond donors (Lipinski definition) is 3. The van der Waals surface area contributed by atoms with Gasteiger partial charge in [-0.15, -0.1) is 0 Å². The summed E-state index contributed by atoms with van der Waals surface area (Å²) < 4.78 is 4.96. The van der Waals surface area contributed by atoms with E-state index in [1.54, 1.807) is 12.1 Å². The number of amides is 2. The smallest absolute Gasteiger partial charge is 0.286 e. The second-order valence-electron chi connectivity index (χ2n) is 4.72. The minimum absolute atomic E-state index is 0.112. The van der Waals surface area contributed by atoms with Crippen LogP contribution in [0.1, 0.15) is 43.7 Å². The summed E-state index contributed by atoms with van der Waals surface area (Å²) in [4.78, 5) is 23.4. The van der Waals surface area contributed by atoms with Crippen molar-refractivity contribution in [1.29, 1.82) is 0 Å². The molecule has 1 rings (SSSR count). The van der Waals surface area contributed by atoms with E-state index in [4.69, 9.17) is 10.2 Å². The topological polar surface area (TPSA) is 97.4 Å². The lowest BCUT2D eigenvalue weighted by atomic mass is 9.93. The SMILES string of the molecule is CCC(CC)(CN)NC(=O)CCNC(=O)c1ccco1. The maximum Gasteiger partial charge on any atom is 0.286 e. The third kappa shape index (κ3) is 4.38. The summed E-state index contributed by atoms with van der Waals surface area (Å²) in [6.07, 6.45) is 3.21. The van der Waals surface area contributed by atoms with Crippen LogP contribution in [0.3, 0.4) is 0 Å². The summed E-state index contributed by atoms with van der Waals surface area (Å²) in [6, 6.07) is 3.21. The predicted octanol–water partition coefficient (Wildman–Crippen LogP) is 1.03. The largest absolute Gasteiger partial charge is 0.459 e. The third-order valence-electron chi connectivity index (χ3n) is 3.53. The van der Waals surface area contributed by atoms with Gasteiger partial charge in [-0.2, -0.15) is 0 Å². The van der Waals surface area contributed by atoms with Crippen molar-refractivity contribution in [3.63, 3.8) is 0 Å². The normalized spacial score (nSPS) is 11.2. The first-order chi connectivity index (χ1) is 9.56. The number of carbonyl (C=O) groups excluding carboxylic acids is 2. The fraction of sp³-hybridized carbons (Fsp3) is 0.571. The zero-order valence-electron chi connectivity index (χ0n) is 12.1. The molecule has 0 bridgehead atoms. The average molecular weight is 281 g/mol. The highest BCUT2D eigenvalue weighted by atomic mass is 16.3. The summed E-state index contributed by atoms with van der Waals surface area (Å²) in [5.41, 5.74) is 5.38. The molecule has 1 aromatic rings. The van der Waals surface area contributed by atoms with E-state index < -0.39 is 0 Å². The van der Waals surface area contributed by atoms with Crippen LogP contribution < -0.4 is 16.4 Å². The summed E-state index contributed by atoms with van der Waals surface area (Å²) in [6.45, 7) is 4.66. The van der Waals surface area contributed by atoms with E-state index in [2.05, 4.69) is 10.6 Å². The van der Waals surface area contributed by atoms with Crippen LogP contribution in [0.5, 0.6) is 0 Å². The van der Waals surface area contributed by atoms with E-state index in [1.807, 2.05) is 13.8 Å². The molecule has 1 heterocycles. The molecule has 0 aromatic carbocycles. The van der Waals surface area contributed by atoms with Crippen LogP contribution in [0.2, 0.25) is 0 Å². The van der Waals surface area contributed by atoms with Crippen LogP contribution in [0.15, 0.2) is 22.8 Å². The molecule has 1 aromatic heterocycles. The highest BCUT2D eigenvalue weighted by Crippen LogP contribution is 2.13. The maximum atomic E-state index is 11.9. The molecular formula is C14H23N3O3. The van der Waals surface area contributed by atoms with Crippen molar-refractivity contribution >= 4 is 11.8 Å². The van der Waals surface area contributed by atoms with E-state index >= 15 is 0 Å². The molecule has 0 radical (unpaired) electrons. The molecule has 6 heteroatoms. The van der Waals surface area contributed by atoms with Crippen molar-refractivity contribution < 1.29 is 14.0 Å². The lowest BCUT2D eigenvalue weighted by Crippen LogP contribution is -2.53. The van der Waals surface area contributed by atoms with Gasteiger partial charge in [0.25, 0.3) is 5.91 Å². The molecule has 2 amide bonds. The molecule has 6 nitrogen and oxygen atoms in total.